The largest absolute Gasteiger partial charge is 0.411 e. The average Bonchev–Trinajstić information content (AvgIpc) is 2.51. The number of rotatable bonds is 2. The van der Waals surface area contributed by atoms with Crippen molar-refractivity contribution in [2.45, 2.75) is 53.4 Å². The topological polar surface area (TPSA) is 45.0 Å². The van der Waals surface area contributed by atoms with Crippen LogP contribution < -0.4 is 0 Å². The summed E-state index contributed by atoms with van der Waals surface area (Å²) in [5.41, 5.74) is 3.66. The SMILES string of the molecule is CC.CC(=NO)c1ccccc1N=C1CC[C-](C)CC1.[Yb]. The molecular weight excluding hydrogens is 421 g/mol. The molecule has 0 unspecified atom stereocenters. The number of oxime groups is 1. The molecular formula is C17H25N2OYb-. The molecule has 1 aliphatic rings. The van der Waals surface area contributed by atoms with Crippen LogP contribution >= 0.6 is 0 Å². The Morgan fingerprint density at radius 3 is 2.29 bits per heavy atom. The van der Waals surface area contributed by atoms with Crippen LogP contribution in [0.25, 0.3) is 0 Å². The van der Waals surface area contributed by atoms with E-state index in [-0.39, 0.29) is 46.9 Å². The van der Waals surface area contributed by atoms with Crippen LogP contribution in [0.15, 0.2) is 34.4 Å². The summed E-state index contributed by atoms with van der Waals surface area (Å²) in [7, 11) is 0. The maximum atomic E-state index is 8.89. The minimum Gasteiger partial charge on any atom is -0.411 e. The van der Waals surface area contributed by atoms with E-state index in [1.165, 1.54) is 5.71 Å². The Kier molecular flexibility index (Phi) is 11.4. The first kappa shape index (κ1) is 20.9. The molecule has 1 saturated carbocycles. The zero-order valence-corrected chi connectivity index (χ0v) is 15.0. The number of hydrogen-bond acceptors (Lipinski definition) is 3. The van der Waals surface area contributed by atoms with Crippen LogP contribution in [0.3, 0.4) is 0 Å². The zero-order valence-electron chi connectivity index (χ0n) is 13.2. The number of hydrogen-bond donors (Lipinski definition) is 1. The molecule has 1 aliphatic carbocycles. The summed E-state index contributed by atoms with van der Waals surface area (Å²) in [5, 5.41) is 12.2. The van der Waals surface area contributed by atoms with Crippen LogP contribution in [0.2, 0.25) is 0 Å². The number of aliphatic imine (C=N–C) groups is 1. The Hall–Kier alpha value is -0.121. The third-order valence-electron chi connectivity index (χ3n) is 3.40. The summed E-state index contributed by atoms with van der Waals surface area (Å²) in [4.78, 5) is 4.73. The van der Waals surface area contributed by atoms with E-state index < -0.39 is 0 Å². The Balaban J connectivity index is 0.00000128. The van der Waals surface area contributed by atoms with Gasteiger partial charge in [0.15, 0.2) is 0 Å². The summed E-state index contributed by atoms with van der Waals surface area (Å²) in [6, 6.07) is 7.82. The molecule has 1 aromatic carbocycles. The fraction of sp³-hybridized carbons (Fsp3) is 0.471. The first-order chi connectivity index (χ1) is 9.70. The van der Waals surface area contributed by atoms with Crippen LogP contribution in [0.4, 0.5) is 5.69 Å². The average molecular weight is 446 g/mol. The standard InChI is InChI=1S/C15H19N2O.C2H6.Yb/c1-11-7-9-13(10-8-11)16-15-6-4-3-5-14(15)12(2)17-18;1-2;/h3-6,18H,7-10H2,1-2H3;1-2H3;/q-1;;. The second-order valence-corrected chi connectivity index (χ2v) is 4.84. The molecule has 0 saturated heterocycles. The smallest absolute Gasteiger partial charge is 0.0858 e. The van der Waals surface area contributed by atoms with Crippen LogP contribution in [-0.2, 0) is 0 Å². The van der Waals surface area contributed by atoms with Crippen molar-refractivity contribution in [3.05, 3.63) is 35.7 Å². The van der Waals surface area contributed by atoms with Crippen LogP contribution in [0.1, 0.15) is 58.9 Å². The van der Waals surface area contributed by atoms with Gasteiger partial charge in [-0.3, -0.25) is 4.99 Å². The van der Waals surface area contributed by atoms with E-state index in [1.807, 2.05) is 38.1 Å². The fourth-order valence-corrected chi connectivity index (χ4v) is 2.18. The van der Waals surface area contributed by atoms with Gasteiger partial charge in [0.05, 0.1) is 11.4 Å². The molecule has 0 radical (unpaired) electrons. The molecule has 0 heterocycles. The first-order valence-corrected chi connectivity index (χ1v) is 7.36. The second-order valence-electron chi connectivity index (χ2n) is 4.84. The van der Waals surface area contributed by atoms with Gasteiger partial charge in [0, 0.05) is 58.2 Å². The van der Waals surface area contributed by atoms with Gasteiger partial charge in [0.25, 0.3) is 0 Å². The molecule has 21 heavy (non-hydrogen) atoms. The van der Waals surface area contributed by atoms with Crippen molar-refractivity contribution < 1.29 is 52.1 Å². The molecule has 1 N–H and O–H groups in total. The summed E-state index contributed by atoms with van der Waals surface area (Å²) in [5.74, 6) is 1.57. The van der Waals surface area contributed by atoms with Crippen LogP contribution in [-0.4, -0.2) is 16.6 Å². The van der Waals surface area contributed by atoms with E-state index in [4.69, 9.17) is 10.2 Å². The molecule has 0 bridgehead atoms. The van der Waals surface area contributed by atoms with Crippen molar-refractivity contribution in [3.8, 4) is 0 Å². The van der Waals surface area contributed by atoms with Crippen LogP contribution in [0, 0.1) is 52.8 Å². The number of benzene rings is 1. The van der Waals surface area contributed by atoms with Gasteiger partial charge in [0.1, 0.15) is 0 Å². The minimum absolute atomic E-state index is 0. The fourth-order valence-electron chi connectivity index (χ4n) is 2.18. The molecule has 0 amide bonds. The summed E-state index contributed by atoms with van der Waals surface area (Å²) in [6.45, 7) is 8.01. The normalized spacial score (nSPS) is 15.6. The molecule has 0 atom stereocenters. The Morgan fingerprint density at radius 1 is 1.14 bits per heavy atom. The minimum atomic E-state index is 0. The zero-order chi connectivity index (χ0) is 15.0. The van der Waals surface area contributed by atoms with E-state index in [9.17, 15) is 0 Å². The molecule has 0 aromatic heterocycles. The van der Waals surface area contributed by atoms with E-state index in [2.05, 4.69) is 12.1 Å². The van der Waals surface area contributed by atoms with Crippen molar-refractivity contribution in [1.82, 2.24) is 0 Å². The predicted molar refractivity (Wildman–Crippen MR) is 86.3 cm³/mol. The summed E-state index contributed by atoms with van der Waals surface area (Å²) in [6.07, 6.45) is 4.40. The van der Waals surface area contributed by atoms with Gasteiger partial charge in [-0.1, -0.05) is 37.2 Å². The molecule has 124 valence electrons. The first-order valence-electron chi connectivity index (χ1n) is 7.36. The Morgan fingerprint density at radius 2 is 1.71 bits per heavy atom. The van der Waals surface area contributed by atoms with Gasteiger partial charge in [-0.25, -0.2) is 0 Å². The monoisotopic (exact) mass is 447 g/mol. The van der Waals surface area contributed by atoms with Crippen molar-refractivity contribution in [3.63, 3.8) is 0 Å². The third kappa shape index (κ3) is 6.66. The van der Waals surface area contributed by atoms with Crippen molar-refractivity contribution in [1.29, 1.82) is 0 Å². The van der Waals surface area contributed by atoms with Crippen LogP contribution in [0.5, 0.6) is 0 Å². The predicted octanol–water partition coefficient (Wildman–Crippen LogP) is 5.15. The van der Waals surface area contributed by atoms with Gasteiger partial charge in [0.2, 0.25) is 0 Å². The Labute approximate surface area is 167 Å². The van der Waals surface area contributed by atoms with Gasteiger partial charge in [-0.2, -0.15) is 19.8 Å². The molecule has 1 fully saturated rings. The van der Waals surface area contributed by atoms with E-state index in [0.717, 1.165) is 36.9 Å². The maximum Gasteiger partial charge on any atom is 0.0858 e. The van der Waals surface area contributed by atoms with Gasteiger partial charge >= 0.3 is 0 Å². The van der Waals surface area contributed by atoms with Gasteiger partial charge in [-0.05, 0) is 25.8 Å². The van der Waals surface area contributed by atoms with Crippen molar-refractivity contribution in [2.75, 3.05) is 0 Å². The van der Waals surface area contributed by atoms with Gasteiger partial charge < -0.3 is 11.1 Å². The molecule has 0 spiro atoms. The van der Waals surface area contributed by atoms with E-state index >= 15 is 0 Å². The maximum absolute atomic E-state index is 8.89. The van der Waals surface area contributed by atoms with E-state index in [1.54, 1.807) is 12.8 Å². The Bertz CT molecular complexity index is 473. The van der Waals surface area contributed by atoms with Crippen molar-refractivity contribution in [2.24, 2.45) is 10.1 Å². The molecule has 4 heteroatoms. The summed E-state index contributed by atoms with van der Waals surface area (Å²) < 4.78 is 0. The molecule has 0 aliphatic heterocycles. The molecule has 1 aromatic rings. The van der Waals surface area contributed by atoms with Gasteiger partial charge in [-0.15, -0.1) is 0 Å². The quantitative estimate of drug-likeness (QED) is 0.290. The van der Waals surface area contributed by atoms with Crippen molar-refractivity contribution >= 4 is 17.1 Å². The number of nitrogens with zero attached hydrogens (tertiary/aromatic N) is 2. The molecule has 2 rings (SSSR count). The van der Waals surface area contributed by atoms with E-state index in [0.29, 0.717) is 5.71 Å². The molecule has 3 nitrogen and oxygen atoms in total. The summed E-state index contributed by atoms with van der Waals surface area (Å²) >= 11 is 0. The number of para-hydroxylation sites is 1. The third-order valence-corrected chi connectivity index (χ3v) is 3.40. The second kappa shape index (κ2) is 11.4.